The number of hydrogen-bond donors (Lipinski definition) is 0. The number of benzene rings is 2. The van der Waals surface area contributed by atoms with Gasteiger partial charge in [-0.2, -0.15) is 0 Å². The summed E-state index contributed by atoms with van der Waals surface area (Å²) in [5, 5.41) is 0. The largest absolute Gasteiger partial charge is 0.443 e. The molecule has 0 radical (unpaired) electrons. The monoisotopic (exact) mass is 461 g/mol. The van der Waals surface area contributed by atoms with Crippen LogP contribution >= 0.6 is 0 Å². The van der Waals surface area contributed by atoms with Gasteiger partial charge in [-0.05, 0) is 44.2 Å². The fourth-order valence-electron chi connectivity index (χ4n) is 4.90. The van der Waals surface area contributed by atoms with Crippen LogP contribution in [0.3, 0.4) is 0 Å². The van der Waals surface area contributed by atoms with E-state index in [1.54, 1.807) is 0 Å². The van der Waals surface area contributed by atoms with Crippen molar-refractivity contribution in [3.05, 3.63) is 71.8 Å². The molecule has 2 aromatic rings. The van der Waals surface area contributed by atoms with Crippen LogP contribution in [-0.2, 0) is 16.1 Å². The van der Waals surface area contributed by atoms with E-state index >= 15 is 0 Å². The predicted octanol–water partition coefficient (Wildman–Crippen LogP) is 4.92. The van der Waals surface area contributed by atoms with Crippen LogP contribution in [0.2, 0.25) is 0 Å². The molecule has 2 amide bonds. The van der Waals surface area contributed by atoms with E-state index in [9.17, 15) is 9.59 Å². The maximum atomic E-state index is 14.1. The minimum absolute atomic E-state index is 0.0189. The molecule has 0 aromatic heterocycles. The first-order chi connectivity index (χ1) is 16.1. The van der Waals surface area contributed by atoms with E-state index in [1.165, 1.54) is 10.5 Å². The zero-order valence-corrected chi connectivity index (χ0v) is 20.8. The van der Waals surface area contributed by atoms with Crippen LogP contribution in [0.1, 0.15) is 52.2 Å². The molecule has 0 unspecified atom stereocenters. The number of aliphatic imine (C=N–C) groups is 1. The van der Waals surface area contributed by atoms with E-state index in [0.717, 1.165) is 24.4 Å². The third kappa shape index (κ3) is 4.92. The molecular formula is C28H35N3O3. The lowest BCUT2D eigenvalue weighted by Crippen LogP contribution is -2.63. The number of rotatable bonds is 4. The Balaban J connectivity index is 1.76. The Kier molecular flexibility index (Phi) is 6.63. The molecule has 0 N–H and O–H groups in total. The average Bonchev–Trinajstić information content (AvgIpc) is 3.18. The first-order valence-corrected chi connectivity index (χ1v) is 12.1. The Morgan fingerprint density at radius 2 is 1.71 bits per heavy atom. The molecule has 0 aliphatic carbocycles. The highest BCUT2D eigenvalue weighted by Crippen LogP contribution is 2.37. The van der Waals surface area contributed by atoms with Gasteiger partial charge in [0.1, 0.15) is 5.60 Å². The predicted molar refractivity (Wildman–Crippen MR) is 134 cm³/mol. The molecule has 34 heavy (non-hydrogen) atoms. The third-order valence-corrected chi connectivity index (χ3v) is 6.38. The van der Waals surface area contributed by atoms with Gasteiger partial charge >= 0.3 is 6.09 Å². The van der Waals surface area contributed by atoms with Crippen LogP contribution in [0.4, 0.5) is 4.79 Å². The van der Waals surface area contributed by atoms with Crippen LogP contribution in [-0.4, -0.2) is 57.8 Å². The van der Waals surface area contributed by atoms with Crippen molar-refractivity contribution >= 4 is 17.7 Å². The second kappa shape index (κ2) is 9.34. The Bertz CT molecular complexity index is 1060. The summed E-state index contributed by atoms with van der Waals surface area (Å²) in [7, 11) is 0. The molecule has 1 fully saturated rings. The van der Waals surface area contributed by atoms with Crippen molar-refractivity contribution in [2.45, 2.75) is 64.8 Å². The van der Waals surface area contributed by atoms with Gasteiger partial charge in [-0.15, -0.1) is 0 Å². The minimum atomic E-state index is -0.998. The fraction of sp³-hybridized carbons (Fsp3) is 0.464. The molecule has 2 aliphatic rings. The lowest BCUT2D eigenvalue weighted by atomic mass is 9.85. The van der Waals surface area contributed by atoms with E-state index in [1.807, 2.05) is 83.1 Å². The number of nitrogens with zero attached hydrogens (tertiary/aromatic N) is 3. The van der Waals surface area contributed by atoms with E-state index in [0.29, 0.717) is 13.0 Å². The van der Waals surface area contributed by atoms with Gasteiger partial charge in [-0.3, -0.25) is 14.7 Å². The van der Waals surface area contributed by atoms with Crippen LogP contribution in [0.15, 0.2) is 65.7 Å². The fourth-order valence-corrected chi connectivity index (χ4v) is 4.90. The SMILES string of the molecule is CC(C)[C@H]1C(c2ccccc2)=N[C@@]2(CCN(Cc3ccccc3)C2)C(=O)N1C(=O)OC(C)(C)C. The molecule has 4 rings (SSSR count). The number of carbonyl (C=O) groups excluding carboxylic acids is 2. The van der Waals surface area contributed by atoms with E-state index in [4.69, 9.17) is 9.73 Å². The summed E-state index contributed by atoms with van der Waals surface area (Å²) in [4.78, 5) is 36.3. The van der Waals surface area contributed by atoms with Crippen molar-refractivity contribution in [2.24, 2.45) is 10.9 Å². The average molecular weight is 462 g/mol. The highest BCUT2D eigenvalue weighted by molar-refractivity contribution is 6.14. The quantitative estimate of drug-likeness (QED) is 0.648. The maximum absolute atomic E-state index is 14.1. The van der Waals surface area contributed by atoms with Crippen LogP contribution < -0.4 is 0 Å². The highest BCUT2D eigenvalue weighted by atomic mass is 16.6. The third-order valence-electron chi connectivity index (χ3n) is 6.38. The second-order valence-electron chi connectivity index (χ2n) is 10.7. The lowest BCUT2D eigenvalue weighted by Gasteiger charge is -2.43. The molecule has 0 saturated carbocycles. The van der Waals surface area contributed by atoms with Crippen LogP contribution in [0.25, 0.3) is 0 Å². The molecule has 1 spiro atoms. The van der Waals surface area contributed by atoms with Gasteiger partial charge in [0.05, 0.1) is 11.8 Å². The topological polar surface area (TPSA) is 62.2 Å². The Morgan fingerprint density at radius 1 is 1.09 bits per heavy atom. The summed E-state index contributed by atoms with van der Waals surface area (Å²) in [6, 6.07) is 19.6. The van der Waals surface area contributed by atoms with E-state index in [2.05, 4.69) is 17.0 Å². The number of ether oxygens (including phenoxy) is 1. The normalized spacial score (nSPS) is 23.5. The Morgan fingerprint density at radius 3 is 2.29 bits per heavy atom. The number of amides is 2. The Hall–Kier alpha value is -2.99. The van der Waals surface area contributed by atoms with Gasteiger partial charge in [0.15, 0.2) is 5.54 Å². The lowest BCUT2D eigenvalue weighted by molar-refractivity contribution is -0.138. The summed E-state index contributed by atoms with van der Waals surface area (Å²) < 4.78 is 5.74. The molecule has 6 nitrogen and oxygen atoms in total. The van der Waals surface area contributed by atoms with Crippen LogP contribution in [0.5, 0.6) is 0 Å². The van der Waals surface area contributed by atoms with Gasteiger partial charge in [0.25, 0.3) is 5.91 Å². The van der Waals surface area contributed by atoms with E-state index in [-0.39, 0.29) is 11.8 Å². The zero-order valence-electron chi connectivity index (χ0n) is 20.8. The Labute approximate surface area is 202 Å². The molecule has 2 aromatic carbocycles. The number of likely N-dealkylation sites (tertiary alicyclic amines) is 1. The summed E-state index contributed by atoms with van der Waals surface area (Å²) in [5.41, 5.74) is 1.20. The minimum Gasteiger partial charge on any atom is -0.443 e. The second-order valence-corrected chi connectivity index (χ2v) is 10.7. The first kappa shape index (κ1) is 24.1. The number of imide groups is 1. The zero-order chi connectivity index (χ0) is 24.5. The molecule has 2 atom stereocenters. The molecule has 1 saturated heterocycles. The van der Waals surface area contributed by atoms with E-state index < -0.39 is 23.3 Å². The van der Waals surface area contributed by atoms with Crippen molar-refractivity contribution in [1.82, 2.24) is 9.80 Å². The van der Waals surface area contributed by atoms with Crippen molar-refractivity contribution < 1.29 is 14.3 Å². The van der Waals surface area contributed by atoms with Gasteiger partial charge in [-0.25, -0.2) is 9.69 Å². The van der Waals surface area contributed by atoms with Crippen molar-refractivity contribution in [3.63, 3.8) is 0 Å². The smallest absolute Gasteiger partial charge is 0.417 e. The van der Waals surface area contributed by atoms with Crippen molar-refractivity contribution in [3.8, 4) is 0 Å². The first-order valence-electron chi connectivity index (χ1n) is 12.1. The number of carbonyl (C=O) groups is 2. The molecule has 2 aliphatic heterocycles. The van der Waals surface area contributed by atoms with Crippen molar-refractivity contribution in [1.29, 1.82) is 0 Å². The molecule has 0 bridgehead atoms. The number of hydrogen-bond acceptors (Lipinski definition) is 5. The summed E-state index contributed by atoms with van der Waals surface area (Å²) >= 11 is 0. The molecule has 180 valence electrons. The van der Waals surface area contributed by atoms with Crippen LogP contribution in [0, 0.1) is 5.92 Å². The molecule has 2 heterocycles. The summed E-state index contributed by atoms with van der Waals surface area (Å²) in [5.74, 6) is -0.273. The van der Waals surface area contributed by atoms with Gasteiger partial charge in [0, 0.05) is 19.6 Å². The van der Waals surface area contributed by atoms with Crippen molar-refractivity contribution in [2.75, 3.05) is 13.1 Å². The highest BCUT2D eigenvalue weighted by Gasteiger charge is 2.55. The molecule has 6 heteroatoms. The van der Waals surface area contributed by atoms with Gasteiger partial charge in [-0.1, -0.05) is 74.5 Å². The van der Waals surface area contributed by atoms with Gasteiger partial charge < -0.3 is 4.74 Å². The maximum Gasteiger partial charge on any atom is 0.417 e. The molecular weight excluding hydrogens is 426 g/mol. The van der Waals surface area contributed by atoms with Gasteiger partial charge in [0.2, 0.25) is 0 Å². The standard InChI is InChI=1S/C28H35N3O3/c1-20(2)24-23(22-14-10-7-11-15-22)29-28(25(32)31(24)26(33)34-27(3,4)5)16-17-30(19-28)18-21-12-8-6-9-13-21/h6-15,20,24H,16-19H2,1-5H3/t24-,28+/m0/s1. The summed E-state index contributed by atoms with van der Waals surface area (Å²) in [6.07, 6.45) is -0.0283. The summed E-state index contributed by atoms with van der Waals surface area (Å²) in [6.45, 7) is 11.5.